The molecule has 0 aliphatic heterocycles. The molecule has 0 radical (unpaired) electrons. The van der Waals surface area contributed by atoms with Crippen LogP contribution in [-0.4, -0.2) is 37.5 Å². The molecular formula is C14H23NO3. The molecule has 0 aliphatic carbocycles. The largest absolute Gasteiger partial charge is 0.494 e. The van der Waals surface area contributed by atoms with Crippen LogP contribution in [0, 0.1) is 0 Å². The Kier molecular flexibility index (Phi) is 7.22. The number of nitrogens with one attached hydrogen (secondary N) is 1. The number of benzene rings is 1. The molecule has 0 heterocycles. The fraction of sp³-hybridized carbons (Fsp3) is 0.571. The van der Waals surface area contributed by atoms with Crippen LogP contribution in [0.3, 0.4) is 0 Å². The Labute approximate surface area is 109 Å². The van der Waals surface area contributed by atoms with Crippen molar-refractivity contribution >= 4 is 0 Å². The molecule has 1 unspecified atom stereocenters. The molecule has 0 aliphatic rings. The summed E-state index contributed by atoms with van der Waals surface area (Å²) in [5.41, 5.74) is 0. The van der Waals surface area contributed by atoms with Crippen molar-refractivity contribution in [3.8, 4) is 11.5 Å². The van der Waals surface area contributed by atoms with Gasteiger partial charge in [0, 0.05) is 12.1 Å². The maximum atomic E-state index is 9.13. The van der Waals surface area contributed by atoms with E-state index in [0.717, 1.165) is 24.5 Å². The van der Waals surface area contributed by atoms with Crippen LogP contribution < -0.4 is 14.8 Å². The molecule has 1 rings (SSSR count). The Morgan fingerprint density at radius 2 is 1.94 bits per heavy atom. The Hall–Kier alpha value is -1.26. The second-order valence-corrected chi connectivity index (χ2v) is 3.98. The van der Waals surface area contributed by atoms with E-state index in [4.69, 9.17) is 14.6 Å². The predicted octanol–water partition coefficient (Wildman–Crippen LogP) is 1.82. The lowest BCUT2D eigenvalue weighted by Gasteiger charge is -2.15. The van der Waals surface area contributed by atoms with E-state index in [-0.39, 0.29) is 12.6 Å². The summed E-state index contributed by atoms with van der Waals surface area (Å²) in [7, 11) is 0. The van der Waals surface area contributed by atoms with Gasteiger partial charge in [0.25, 0.3) is 0 Å². The summed E-state index contributed by atoms with van der Waals surface area (Å²) in [6.07, 6.45) is 0.781. The van der Waals surface area contributed by atoms with Crippen LogP contribution in [0.15, 0.2) is 24.3 Å². The first kappa shape index (κ1) is 14.8. The summed E-state index contributed by atoms with van der Waals surface area (Å²) >= 11 is 0. The average Bonchev–Trinajstić information content (AvgIpc) is 2.38. The lowest BCUT2D eigenvalue weighted by molar-refractivity contribution is 0.210. The standard InChI is InChI=1S/C14H23NO3/c1-3-15-12(11-16)8-9-18-14-7-5-6-13(10-14)17-4-2/h5-7,10,12,15-16H,3-4,8-9,11H2,1-2H3. The van der Waals surface area contributed by atoms with Crippen LogP contribution >= 0.6 is 0 Å². The molecule has 0 saturated heterocycles. The van der Waals surface area contributed by atoms with Crippen molar-refractivity contribution in [3.63, 3.8) is 0 Å². The van der Waals surface area contributed by atoms with E-state index in [1.807, 2.05) is 38.1 Å². The van der Waals surface area contributed by atoms with Crippen molar-refractivity contribution < 1.29 is 14.6 Å². The van der Waals surface area contributed by atoms with Crippen molar-refractivity contribution in [2.24, 2.45) is 0 Å². The van der Waals surface area contributed by atoms with Crippen molar-refractivity contribution in [1.29, 1.82) is 0 Å². The van der Waals surface area contributed by atoms with E-state index in [1.54, 1.807) is 0 Å². The second kappa shape index (κ2) is 8.78. The highest BCUT2D eigenvalue weighted by molar-refractivity contribution is 5.32. The van der Waals surface area contributed by atoms with Gasteiger partial charge in [0.15, 0.2) is 0 Å². The molecule has 1 aromatic rings. The Morgan fingerprint density at radius 1 is 1.22 bits per heavy atom. The number of aliphatic hydroxyl groups excluding tert-OH is 1. The SMILES string of the molecule is CCNC(CO)CCOc1cccc(OCC)c1. The number of ether oxygens (including phenoxy) is 2. The predicted molar refractivity (Wildman–Crippen MR) is 72.3 cm³/mol. The van der Waals surface area contributed by atoms with Gasteiger partial charge in [-0.05, 0) is 32.0 Å². The first-order valence-corrected chi connectivity index (χ1v) is 6.50. The molecule has 0 aromatic heterocycles. The third-order valence-corrected chi connectivity index (χ3v) is 2.56. The fourth-order valence-electron chi connectivity index (χ4n) is 1.69. The van der Waals surface area contributed by atoms with Crippen LogP contribution in [0.4, 0.5) is 0 Å². The Balaban J connectivity index is 2.36. The quantitative estimate of drug-likeness (QED) is 0.705. The maximum Gasteiger partial charge on any atom is 0.122 e. The summed E-state index contributed by atoms with van der Waals surface area (Å²) in [5.74, 6) is 1.62. The van der Waals surface area contributed by atoms with Gasteiger partial charge in [0.1, 0.15) is 11.5 Å². The molecule has 18 heavy (non-hydrogen) atoms. The first-order valence-electron chi connectivity index (χ1n) is 6.50. The number of rotatable bonds is 9. The monoisotopic (exact) mass is 253 g/mol. The minimum atomic E-state index is 0.102. The van der Waals surface area contributed by atoms with Gasteiger partial charge in [-0.15, -0.1) is 0 Å². The van der Waals surface area contributed by atoms with Gasteiger partial charge < -0.3 is 19.9 Å². The van der Waals surface area contributed by atoms with Gasteiger partial charge in [0.05, 0.1) is 19.8 Å². The molecular weight excluding hydrogens is 230 g/mol. The molecule has 4 heteroatoms. The number of aliphatic hydroxyl groups is 1. The Morgan fingerprint density at radius 3 is 2.56 bits per heavy atom. The van der Waals surface area contributed by atoms with Crippen molar-refractivity contribution in [2.45, 2.75) is 26.3 Å². The summed E-state index contributed by atoms with van der Waals surface area (Å²) in [5, 5.41) is 12.3. The van der Waals surface area contributed by atoms with Crippen molar-refractivity contribution in [1.82, 2.24) is 5.32 Å². The first-order chi connectivity index (χ1) is 8.80. The minimum Gasteiger partial charge on any atom is -0.494 e. The fourth-order valence-corrected chi connectivity index (χ4v) is 1.69. The molecule has 0 spiro atoms. The summed E-state index contributed by atoms with van der Waals surface area (Å²) in [4.78, 5) is 0. The molecule has 1 atom stereocenters. The number of hydrogen-bond donors (Lipinski definition) is 2. The van der Waals surface area contributed by atoms with Gasteiger partial charge in [-0.3, -0.25) is 0 Å². The number of hydrogen-bond acceptors (Lipinski definition) is 4. The average molecular weight is 253 g/mol. The van der Waals surface area contributed by atoms with Crippen LogP contribution in [-0.2, 0) is 0 Å². The van der Waals surface area contributed by atoms with E-state index in [1.165, 1.54) is 0 Å². The molecule has 0 saturated carbocycles. The molecule has 102 valence electrons. The molecule has 0 fully saturated rings. The lowest BCUT2D eigenvalue weighted by atomic mass is 10.2. The van der Waals surface area contributed by atoms with Gasteiger partial charge in [-0.1, -0.05) is 13.0 Å². The van der Waals surface area contributed by atoms with Gasteiger partial charge in [-0.2, -0.15) is 0 Å². The third kappa shape index (κ3) is 5.38. The highest BCUT2D eigenvalue weighted by Gasteiger charge is 2.05. The molecule has 0 bridgehead atoms. The van der Waals surface area contributed by atoms with Crippen LogP contribution in [0.2, 0.25) is 0 Å². The zero-order chi connectivity index (χ0) is 13.2. The van der Waals surface area contributed by atoms with Crippen LogP contribution in [0.5, 0.6) is 11.5 Å². The van der Waals surface area contributed by atoms with Crippen molar-refractivity contribution in [3.05, 3.63) is 24.3 Å². The normalized spacial score (nSPS) is 12.2. The van der Waals surface area contributed by atoms with Crippen molar-refractivity contribution in [2.75, 3.05) is 26.4 Å². The highest BCUT2D eigenvalue weighted by Crippen LogP contribution is 2.19. The van der Waals surface area contributed by atoms with E-state index in [0.29, 0.717) is 13.2 Å². The van der Waals surface area contributed by atoms with Gasteiger partial charge in [0.2, 0.25) is 0 Å². The third-order valence-electron chi connectivity index (χ3n) is 2.56. The summed E-state index contributed by atoms with van der Waals surface area (Å²) < 4.78 is 11.0. The zero-order valence-electron chi connectivity index (χ0n) is 11.2. The topological polar surface area (TPSA) is 50.7 Å². The van der Waals surface area contributed by atoms with E-state index in [9.17, 15) is 0 Å². The van der Waals surface area contributed by atoms with Gasteiger partial charge >= 0.3 is 0 Å². The molecule has 2 N–H and O–H groups in total. The van der Waals surface area contributed by atoms with Crippen LogP contribution in [0.1, 0.15) is 20.3 Å². The zero-order valence-corrected chi connectivity index (χ0v) is 11.2. The maximum absolute atomic E-state index is 9.13. The van der Waals surface area contributed by atoms with E-state index >= 15 is 0 Å². The second-order valence-electron chi connectivity index (χ2n) is 3.98. The number of likely N-dealkylation sites (N-methyl/N-ethyl adjacent to an activating group) is 1. The summed E-state index contributed by atoms with van der Waals surface area (Å²) in [6.45, 7) is 6.19. The smallest absolute Gasteiger partial charge is 0.122 e. The van der Waals surface area contributed by atoms with E-state index in [2.05, 4.69) is 5.32 Å². The van der Waals surface area contributed by atoms with E-state index < -0.39 is 0 Å². The van der Waals surface area contributed by atoms with Crippen LogP contribution in [0.25, 0.3) is 0 Å². The summed E-state index contributed by atoms with van der Waals surface area (Å²) in [6, 6.07) is 7.71. The highest BCUT2D eigenvalue weighted by atomic mass is 16.5. The van der Waals surface area contributed by atoms with Gasteiger partial charge in [-0.25, -0.2) is 0 Å². The molecule has 4 nitrogen and oxygen atoms in total. The minimum absolute atomic E-state index is 0.102. The molecule has 1 aromatic carbocycles. The lowest BCUT2D eigenvalue weighted by Crippen LogP contribution is -2.33. The molecule has 0 amide bonds. The Bertz CT molecular complexity index is 331.